The lowest BCUT2D eigenvalue weighted by Gasteiger charge is -2.23. The van der Waals surface area contributed by atoms with Crippen LogP contribution in [0.3, 0.4) is 0 Å². The highest BCUT2D eigenvalue weighted by Crippen LogP contribution is 2.40. The number of carboxylic acid groups (broad SMARTS) is 1. The Morgan fingerprint density at radius 3 is 1.62 bits per heavy atom. The maximum Gasteiger partial charge on any atom is 0.0841 e. The minimum absolute atomic E-state index is 0.0653. The lowest BCUT2D eigenvalue weighted by atomic mass is 9.84. The number of hydrogen-bond donors (Lipinski definition) is 0. The molecule has 0 saturated heterocycles. The number of halogens is 2. The number of carbonyl (C=O) groups excluding carboxylic acids is 1. The molecule has 0 aliphatic heterocycles. The first-order valence-corrected chi connectivity index (χ1v) is 8.38. The van der Waals surface area contributed by atoms with Gasteiger partial charge in [0.05, 0.1) is 16.0 Å². The number of carbonyl (C=O) groups is 1. The van der Waals surface area contributed by atoms with Crippen molar-refractivity contribution in [2.24, 2.45) is 0 Å². The first-order chi connectivity index (χ1) is 11.2. The highest BCUT2D eigenvalue weighted by atomic mass is 35.5. The van der Waals surface area contributed by atoms with Crippen molar-refractivity contribution in [2.75, 3.05) is 0 Å². The minimum atomic E-state index is -1.47. The third-order valence-corrected chi connectivity index (χ3v) is 4.98. The Morgan fingerprint density at radius 1 is 0.875 bits per heavy atom. The van der Waals surface area contributed by atoms with Crippen molar-refractivity contribution in [1.82, 2.24) is 0 Å². The van der Waals surface area contributed by atoms with Crippen LogP contribution in [0.15, 0.2) is 46.5 Å². The van der Waals surface area contributed by atoms with Gasteiger partial charge in [-0.05, 0) is 49.9 Å². The van der Waals surface area contributed by atoms with Gasteiger partial charge in [-0.2, -0.15) is 0 Å². The van der Waals surface area contributed by atoms with E-state index in [2.05, 4.69) is 0 Å². The maximum atomic E-state index is 11.2. The normalized spacial score (nSPS) is 12.3. The van der Waals surface area contributed by atoms with Crippen LogP contribution in [0.2, 0.25) is 0 Å². The van der Waals surface area contributed by atoms with Crippen LogP contribution in [-0.4, -0.2) is 5.97 Å². The topological polar surface area (TPSA) is 40.1 Å². The lowest BCUT2D eigenvalue weighted by molar-refractivity contribution is -0.298. The average molecular weight is 362 g/mol. The van der Waals surface area contributed by atoms with Gasteiger partial charge in [0.2, 0.25) is 0 Å². The largest absolute Gasteiger partial charge is 0.544 e. The van der Waals surface area contributed by atoms with Crippen LogP contribution in [0.4, 0.5) is 0 Å². The number of aryl methyl sites for hydroxylation is 4. The predicted octanol–water partition coefficient (Wildman–Crippen LogP) is 4.49. The van der Waals surface area contributed by atoms with Crippen molar-refractivity contribution >= 4 is 29.2 Å². The Morgan fingerprint density at radius 2 is 1.29 bits per heavy atom. The van der Waals surface area contributed by atoms with Gasteiger partial charge >= 0.3 is 0 Å². The van der Waals surface area contributed by atoms with Crippen LogP contribution in [0.25, 0.3) is 0 Å². The van der Waals surface area contributed by atoms with Crippen LogP contribution in [0.1, 0.15) is 39.3 Å². The zero-order valence-corrected chi connectivity index (χ0v) is 15.6. The van der Waals surface area contributed by atoms with E-state index in [1.54, 1.807) is 0 Å². The van der Waals surface area contributed by atoms with E-state index in [0.717, 1.165) is 33.4 Å². The number of hydrogen-bond acceptors (Lipinski definition) is 2. The molecule has 0 spiro atoms. The summed E-state index contributed by atoms with van der Waals surface area (Å²) in [5.74, 6) is -1.92. The molecule has 126 valence electrons. The summed E-state index contributed by atoms with van der Waals surface area (Å²) in [4.78, 5) is 11.2. The average Bonchev–Trinajstić information content (AvgIpc) is 2.50. The van der Waals surface area contributed by atoms with Gasteiger partial charge in [-0.3, -0.25) is 0 Å². The Labute approximate surface area is 152 Å². The van der Waals surface area contributed by atoms with E-state index in [-0.39, 0.29) is 5.03 Å². The summed E-state index contributed by atoms with van der Waals surface area (Å²) in [7, 11) is 0. The fourth-order valence-corrected chi connectivity index (χ4v) is 3.39. The molecule has 0 saturated carbocycles. The standard InChI is InChI=1S/C20H20Cl2O2/c1-11-5-7-15(13(3)9-11)17(18(21)19(22)20(23)24)16-8-6-12(2)10-14(16)4/h5-10,17H,1-4H3,(H,23,24)/p-1/b19-18+. The molecular formula is C20H19Cl2O2-. The fraction of sp³-hybridized carbons (Fsp3) is 0.250. The van der Waals surface area contributed by atoms with Gasteiger partial charge in [-0.1, -0.05) is 70.7 Å². The highest BCUT2D eigenvalue weighted by Gasteiger charge is 2.24. The van der Waals surface area contributed by atoms with Crippen molar-refractivity contribution in [3.05, 3.63) is 79.8 Å². The Balaban J connectivity index is 2.75. The molecule has 0 radical (unpaired) electrons. The summed E-state index contributed by atoms with van der Waals surface area (Å²) in [6.07, 6.45) is 0. The molecular weight excluding hydrogens is 343 g/mol. The Kier molecular flexibility index (Phi) is 5.74. The van der Waals surface area contributed by atoms with Crippen molar-refractivity contribution < 1.29 is 9.90 Å². The number of allylic oxidation sites excluding steroid dienone is 1. The summed E-state index contributed by atoms with van der Waals surface area (Å²) >= 11 is 12.3. The molecule has 2 rings (SSSR count). The van der Waals surface area contributed by atoms with Crippen LogP contribution >= 0.6 is 23.2 Å². The molecule has 0 unspecified atom stereocenters. The van der Waals surface area contributed by atoms with Crippen LogP contribution < -0.4 is 5.11 Å². The molecule has 4 heteroatoms. The molecule has 0 aliphatic carbocycles. The maximum absolute atomic E-state index is 11.2. The van der Waals surface area contributed by atoms with Crippen molar-refractivity contribution in [1.29, 1.82) is 0 Å². The van der Waals surface area contributed by atoms with Gasteiger partial charge in [0.15, 0.2) is 0 Å². The second-order valence-corrected chi connectivity index (χ2v) is 6.89. The molecule has 0 amide bonds. The molecule has 0 fully saturated rings. The van der Waals surface area contributed by atoms with Gasteiger partial charge < -0.3 is 9.90 Å². The monoisotopic (exact) mass is 361 g/mol. The molecule has 0 aliphatic rings. The summed E-state index contributed by atoms with van der Waals surface area (Å²) in [5, 5.41) is 10.8. The fourth-order valence-electron chi connectivity index (χ4n) is 2.96. The number of rotatable bonds is 4. The smallest absolute Gasteiger partial charge is 0.0841 e. The summed E-state index contributed by atoms with van der Waals surface area (Å²) in [6.45, 7) is 7.98. The van der Waals surface area contributed by atoms with E-state index in [1.807, 2.05) is 64.1 Å². The number of benzene rings is 2. The van der Waals surface area contributed by atoms with Crippen molar-refractivity contribution in [3.63, 3.8) is 0 Å². The zero-order chi connectivity index (χ0) is 18.0. The van der Waals surface area contributed by atoms with Crippen molar-refractivity contribution in [2.45, 2.75) is 33.6 Å². The second kappa shape index (κ2) is 7.42. The van der Waals surface area contributed by atoms with E-state index >= 15 is 0 Å². The Hall–Kier alpha value is -1.77. The van der Waals surface area contributed by atoms with E-state index in [0.29, 0.717) is 0 Å². The van der Waals surface area contributed by atoms with Crippen LogP contribution in [0, 0.1) is 27.7 Å². The van der Waals surface area contributed by atoms with Gasteiger partial charge in [0.25, 0.3) is 0 Å². The van der Waals surface area contributed by atoms with Gasteiger partial charge in [0.1, 0.15) is 0 Å². The summed E-state index contributed by atoms with van der Waals surface area (Å²) < 4.78 is 0. The van der Waals surface area contributed by atoms with E-state index in [9.17, 15) is 9.90 Å². The van der Waals surface area contributed by atoms with Gasteiger partial charge in [-0.15, -0.1) is 0 Å². The molecule has 0 N–H and O–H groups in total. The third-order valence-electron chi connectivity index (χ3n) is 4.11. The molecule has 2 aromatic carbocycles. The SMILES string of the molecule is Cc1ccc(C(/C(Cl)=C(\Cl)C(=O)[O-])c2ccc(C)cc2C)c(C)c1. The Bertz CT molecular complexity index is 771. The van der Waals surface area contributed by atoms with Crippen molar-refractivity contribution in [3.8, 4) is 0 Å². The predicted molar refractivity (Wildman–Crippen MR) is 97.4 cm³/mol. The second-order valence-electron chi connectivity index (χ2n) is 6.10. The van der Waals surface area contributed by atoms with E-state index < -0.39 is 16.9 Å². The molecule has 24 heavy (non-hydrogen) atoms. The minimum Gasteiger partial charge on any atom is -0.544 e. The van der Waals surface area contributed by atoms with E-state index in [1.165, 1.54) is 0 Å². The highest BCUT2D eigenvalue weighted by molar-refractivity contribution is 6.47. The van der Waals surface area contributed by atoms with E-state index in [4.69, 9.17) is 23.2 Å². The van der Waals surface area contributed by atoms with Gasteiger partial charge in [0, 0.05) is 5.92 Å². The van der Waals surface area contributed by atoms with Gasteiger partial charge in [-0.25, -0.2) is 0 Å². The number of aliphatic carboxylic acids is 1. The quantitative estimate of drug-likeness (QED) is 0.752. The van der Waals surface area contributed by atoms with Crippen LogP contribution in [-0.2, 0) is 4.79 Å². The molecule has 0 heterocycles. The molecule has 2 nitrogen and oxygen atoms in total. The molecule has 0 bridgehead atoms. The molecule has 0 atom stereocenters. The zero-order valence-electron chi connectivity index (χ0n) is 14.1. The number of carboxylic acids is 1. The van der Waals surface area contributed by atoms with Crippen LogP contribution in [0.5, 0.6) is 0 Å². The first-order valence-electron chi connectivity index (χ1n) is 7.63. The molecule has 0 aromatic heterocycles. The molecule has 2 aromatic rings. The lowest BCUT2D eigenvalue weighted by Crippen LogP contribution is -2.24. The first kappa shape index (κ1) is 18.6. The third kappa shape index (κ3) is 3.82. The summed E-state index contributed by atoms with van der Waals surface area (Å²) in [6, 6.07) is 12.0. The summed E-state index contributed by atoms with van der Waals surface area (Å²) in [5.41, 5.74) is 6.17.